The molecule has 1 aromatic rings. The zero-order chi connectivity index (χ0) is 12.7. The molecule has 0 spiro atoms. The lowest BCUT2D eigenvalue weighted by atomic mass is 10.3. The number of unbranched alkanes of at least 4 members (excludes halogenated alkanes) is 1. The first-order valence-electron chi connectivity index (χ1n) is 5.72. The number of amides is 1. The van der Waals surface area contributed by atoms with Crippen molar-refractivity contribution in [3.8, 4) is 5.75 Å². The van der Waals surface area contributed by atoms with Gasteiger partial charge in [-0.1, -0.05) is 13.3 Å². The summed E-state index contributed by atoms with van der Waals surface area (Å²) in [6, 6.07) is 3.42. The smallest absolute Gasteiger partial charge is 0.260 e. The van der Waals surface area contributed by atoms with Crippen LogP contribution in [0.5, 0.6) is 5.75 Å². The minimum Gasteiger partial charge on any atom is -0.480 e. The zero-order valence-electron chi connectivity index (χ0n) is 10.3. The molecule has 0 saturated heterocycles. The van der Waals surface area contributed by atoms with Gasteiger partial charge in [0.2, 0.25) is 0 Å². The van der Waals surface area contributed by atoms with Crippen LogP contribution in [-0.4, -0.2) is 36.0 Å². The second-order valence-electron chi connectivity index (χ2n) is 3.84. The molecule has 1 heterocycles. The van der Waals surface area contributed by atoms with Crippen LogP contribution in [0.1, 0.15) is 19.8 Å². The predicted molar refractivity (Wildman–Crippen MR) is 66.7 cm³/mol. The summed E-state index contributed by atoms with van der Waals surface area (Å²) >= 11 is 0. The average Bonchev–Trinajstić information content (AvgIpc) is 2.34. The molecule has 0 radical (unpaired) electrons. The molecule has 0 aliphatic carbocycles. The molecule has 1 rings (SSSR count). The van der Waals surface area contributed by atoms with Gasteiger partial charge in [0.05, 0.1) is 0 Å². The Morgan fingerprint density at radius 3 is 3.00 bits per heavy atom. The van der Waals surface area contributed by atoms with Crippen LogP contribution in [0.3, 0.4) is 0 Å². The van der Waals surface area contributed by atoms with Crippen LogP contribution < -0.4 is 10.5 Å². The summed E-state index contributed by atoms with van der Waals surface area (Å²) in [5, 5.41) is 0. The minimum absolute atomic E-state index is 0.00386. The van der Waals surface area contributed by atoms with E-state index in [1.807, 2.05) is 0 Å². The van der Waals surface area contributed by atoms with Gasteiger partial charge in [0.1, 0.15) is 0 Å². The maximum absolute atomic E-state index is 11.7. The molecule has 5 nitrogen and oxygen atoms in total. The summed E-state index contributed by atoms with van der Waals surface area (Å²) in [4.78, 5) is 17.2. The molecule has 0 saturated carbocycles. The first-order valence-corrected chi connectivity index (χ1v) is 5.72. The topological polar surface area (TPSA) is 68.5 Å². The van der Waals surface area contributed by atoms with Gasteiger partial charge < -0.3 is 15.4 Å². The lowest BCUT2D eigenvalue weighted by molar-refractivity contribution is -0.132. The first-order chi connectivity index (χ1) is 8.15. The Morgan fingerprint density at radius 2 is 2.35 bits per heavy atom. The molecule has 94 valence electrons. The minimum atomic E-state index is -0.0540. The monoisotopic (exact) mass is 237 g/mol. The van der Waals surface area contributed by atoms with Crippen LogP contribution in [0.4, 0.5) is 5.82 Å². The first kappa shape index (κ1) is 13.3. The van der Waals surface area contributed by atoms with Gasteiger partial charge in [-0.3, -0.25) is 4.79 Å². The molecule has 2 N–H and O–H groups in total. The van der Waals surface area contributed by atoms with Crippen molar-refractivity contribution in [1.29, 1.82) is 0 Å². The highest BCUT2D eigenvalue weighted by Gasteiger charge is 2.09. The third-order valence-electron chi connectivity index (χ3n) is 2.42. The molecule has 0 unspecified atom stereocenters. The lowest BCUT2D eigenvalue weighted by Gasteiger charge is -2.17. The Balaban J connectivity index is 2.40. The number of hydrogen-bond acceptors (Lipinski definition) is 4. The van der Waals surface area contributed by atoms with Gasteiger partial charge in [-0.15, -0.1) is 0 Å². The van der Waals surface area contributed by atoms with E-state index >= 15 is 0 Å². The number of anilines is 1. The zero-order valence-corrected chi connectivity index (χ0v) is 10.3. The SMILES string of the molecule is CCCCN(C)C(=O)COc1cccnc1N. The molecule has 0 aromatic carbocycles. The van der Waals surface area contributed by atoms with Crippen molar-refractivity contribution in [3.05, 3.63) is 18.3 Å². The fourth-order valence-corrected chi connectivity index (χ4v) is 1.29. The quantitative estimate of drug-likeness (QED) is 0.809. The number of nitrogens with two attached hydrogens (primary N) is 1. The number of carbonyl (C=O) groups excluding carboxylic acids is 1. The van der Waals surface area contributed by atoms with Crippen molar-refractivity contribution in [3.63, 3.8) is 0 Å². The standard InChI is InChI=1S/C12H19N3O2/c1-3-4-8-15(2)11(16)9-17-10-6-5-7-14-12(10)13/h5-7H,3-4,8-9H2,1-2H3,(H2,13,14). The van der Waals surface area contributed by atoms with E-state index in [0.717, 1.165) is 19.4 Å². The van der Waals surface area contributed by atoms with E-state index in [9.17, 15) is 4.79 Å². The Morgan fingerprint density at radius 1 is 1.59 bits per heavy atom. The molecular formula is C12H19N3O2. The van der Waals surface area contributed by atoms with Gasteiger partial charge in [0.25, 0.3) is 5.91 Å². The second kappa shape index (κ2) is 6.73. The fraction of sp³-hybridized carbons (Fsp3) is 0.500. The largest absolute Gasteiger partial charge is 0.480 e. The number of rotatable bonds is 6. The Hall–Kier alpha value is -1.78. The third kappa shape index (κ3) is 4.30. The molecule has 0 bridgehead atoms. The molecular weight excluding hydrogens is 218 g/mol. The highest BCUT2D eigenvalue weighted by atomic mass is 16.5. The van der Waals surface area contributed by atoms with Gasteiger partial charge in [-0.2, -0.15) is 0 Å². The molecule has 0 aliphatic rings. The third-order valence-corrected chi connectivity index (χ3v) is 2.42. The summed E-state index contributed by atoms with van der Waals surface area (Å²) < 4.78 is 5.32. The lowest BCUT2D eigenvalue weighted by Crippen LogP contribution is -2.32. The molecule has 0 atom stereocenters. The molecule has 0 fully saturated rings. The van der Waals surface area contributed by atoms with Crippen LogP contribution in [-0.2, 0) is 4.79 Å². The maximum atomic E-state index is 11.7. The van der Waals surface area contributed by atoms with E-state index in [-0.39, 0.29) is 12.5 Å². The van der Waals surface area contributed by atoms with Crippen LogP contribution >= 0.6 is 0 Å². The highest BCUT2D eigenvalue weighted by Crippen LogP contribution is 2.16. The van der Waals surface area contributed by atoms with Gasteiger partial charge in [-0.05, 0) is 18.6 Å². The van der Waals surface area contributed by atoms with Crippen molar-refractivity contribution >= 4 is 11.7 Å². The van der Waals surface area contributed by atoms with Gasteiger partial charge in [-0.25, -0.2) is 4.98 Å². The van der Waals surface area contributed by atoms with Gasteiger partial charge in [0, 0.05) is 19.8 Å². The Labute approximate surface area is 102 Å². The van der Waals surface area contributed by atoms with Crippen molar-refractivity contribution in [2.24, 2.45) is 0 Å². The summed E-state index contributed by atoms with van der Waals surface area (Å²) in [6.07, 6.45) is 3.64. The fourth-order valence-electron chi connectivity index (χ4n) is 1.29. The normalized spacial score (nSPS) is 10.0. The van der Waals surface area contributed by atoms with Crippen LogP contribution in [0.2, 0.25) is 0 Å². The number of nitrogen functional groups attached to an aromatic ring is 1. The summed E-state index contributed by atoms with van der Waals surface area (Å²) in [5.41, 5.74) is 5.60. The van der Waals surface area contributed by atoms with E-state index in [4.69, 9.17) is 10.5 Å². The average molecular weight is 237 g/mol. The highest BCUT2D eigenvalue weighted by molar-refractivity contribution is 5.77. The molecule has 1 aromatic heterocycles. The number of hydrogen-bond donors (Lipinski definition) is 1. The van der Waals surface area contributed by atoms with E-state index in [0.29, 0.717) is 11.6 Å². The predicted octanol–water partition coefficient (Wildman–Crippen LogP) is 1.30. The number of aromatic nitrogens is 1. The van der Waals surface area contributed by atoms with Crippen LogP contribution in [0, 0.1) is 0 Å². The van der Waals surface area contributed by atoms with Crippen molar-refractivity contribution < 1.29 is 9.53 Å². The second-order valence-corrected chi connectivity index (χ2v) is 3.84. The summed E-state index contributed by atoms with van der Waals surface area (Å²) in [5.74, 6) is 0.697. The van der Waals surface area contributed by atoms with Crippen molar-refractivity contribution in [1.82, 2.24) is 9.88 Å². The number of ether oxygens (including phenoxy) is 1. The van der Waals surface area contributed by atoms with Gasteiger partial charge in [0.15, 0.2) is 18.2 Å². The van der Waals surface area contributed by atoms with E-state index in [1.54, 1.807) is 30.3 Å². The van der Waals surface area contributed by atoms with Crippen LogP contribution in [0.25, 0.3) is 0 Å². The number of nitrogens with zero attached hydrogens (tertiary/aromatic N) is 2. The summed E-state index contributed by atoms with van der Waals surface area (Å²) in [6.45, 7) is 2.84. The molecule has 5 heteroatoms. The Bertz CT molecular complexity index is 369. The number of likely N-dealkylation sites (N-methyl/N-ethyl adjacent to an activating group) is 1. The number of pyridine rings is 1. The Kier molecular flexibility index (Phi) is 5.26. The van der Waals surface area contributed by atoms with Gasteiger partial charge >= 0.3 is 0 Å². The molecule has 1 amide bonds. The number of carbonyl (C=O) groups is 1. The van der Waals surface area contributed by atoms with Crippen LogP contribution in [0.15, 0.2) is 18.3 Å². The maximum Gasteiger partial charge on any atom is 0.260 e. The molecule has 0 aliphatic heterocycles. The van der Waals surface area contributed by atoms with E-state index < -0.39 is 0 Å². The van der Waals surface area contributed by atoms with E-state index in [1.165, 1.54) is 0 Å². The van der Waals surface area contributed by atoms with Crippen molar-refractivity contribution in [2.45, 2.75) is 19.8 Å². The van der Waals surface area contributed by atoms with Crippen molar-refractivity contribution in [2.75, 3.05) is 25.9 Å². The van der Waals surface area contributed by atoms with E-state index in [2.05, 4.69) is 11.9 Å². The molecule has 17 heavy (non-hydrogen) atoms. The summed E-state index contributed by atoms with van der Waals surface area (Å²) in [7, 11) is 1.77.